The molecule has 1 spiro atoms. The standard InChI is InChI=1S/C17H25N3O2/c1-3-22-10-6-15(21)20-9-4-7-17(12-20)8-5-14-11-18-13(2)19-16(14)17/h11H,3-10,12H2,1-2H3. The van der Waals surface area contributed by atoms with Gasteiger partial charge in [0.15, 0.2) is 0 Å². The van der Waals surface area contributed by atoms with Gasteiger partial charge >= 0.3 is 0 Å². The molecule has 0 N–H and O–H groups in total. The van der Waals surface area contributed by atoms with Crippen molar-refractivity contribution < 1.29 is 9.53 Å². The summed E-state index contributed by atoms with van der Waals surface area (Å²) in [4.78, 5) is 23.5. The Morgan fingerprint density at radius 1 is 1.45 bits per heavy atom. The average molecular weight is 303 g/mol. The molecular weight excluding hydrogens is 278 g/mol. The second kappa shape index (κ2) is 6.32. The average Bonchev–Trinajstić information content (AvgIpc) is 2.85. The van der Waals surface area contributed by atoms with Gasteiger partial charge in [0.05, 0.1) is 18.7 Å². The molecule has 1 aliphatic heterocycles. The van der Waals surface area contributed by atoms with Crippen molar-refractivity contribution in [1.29, 1.82) is 0 Å². The monoisotopic (exact) mass is 303 g/mol. The summed E-state index contributed by atoms with van der Waals surface area (Å²) in [6.07, 6.45) is 6.78. The van der Waals surface area contributed by atoms with Gasteiger partial charge in [0.25, 0.3) is 0 Å². The van der Waals surface area contributed by atoms with Crippen molar-refractivity contribution in [3.63, 3.8) is 0 Å². The predicted octanol–water partition coefficient (Wildman–Crippen LogP) is 2.02. The largest absolute Gasteiger partial charge is 0.381 e. The van der Waals surface area contributed by atoms with E-state index >= 15 is 0 Å². The van der Waals surface area contributed by atoms with E-state index in [0.717, 1.165) is 44.6 Å². The summed E-state index contributed by atoms with van der Waals surface area (Å²) in [5, 5.41) is 0. The van der Waals surface area contributed by atoms with Crippen LogP contribution in [0.5, 0.6) is 0 Å². The van der Waals surface area contributed by atoms with Crippen LogP contribution in [0.15, 0.2) is 6.20 Å². The second-order valence-electron chi connectivity index (χ2n) is 6.44. The number of likely N-dealkylation sites (tertiary alicyclic amines) is 1. The van der Waals surface area contributed by atoms with Crippen molar-refractivity contribution in [3.05, 3.63) is 23.3 Å². The van der Waals surface area contributed by atoms with E-state index < -0.39 is 0 Å². The summed E-state index contributed by atoms with van der Waals surface area (Å²) in [6, 6.07) is 0. The van der Waals surface area contributed by atoms with E-state index in [1.807, 2.05) is 24.9 Å². The Morgan fingerprint density at radius 2 is 2.32 bits per heavy atom. The zero-order valence-corrected chi connectivity index (χ0v) is 13.6. The third kappa shape index (κ3) is 2.86. The van der Waals surface area contributed by atoms with Crippen LogP contribution in [0.3, 0.4) is 0 Å². The first-order chi connectivity index (χ1) is 10.6. The Hall–Kier alpha value is -1.49. The molecule has 5 nitrogen and oxygen atoms in total. The molecule has 1 aromatic rings. The molecule has 1 unspecified atom stereocenters. The molecule has 120 valence electrons. The lowest BCUT2D eigenvalue weighted by Gasteiger charge is -2.40. The fourth-order valence-electron chi connectivity index (χ4n) is 3.83. The minimum atomic E-state index is 0.0581. The number of hydrogen-bond acceptors (Lipinski definition) is 4. The molecule has 2 aliphatic rings. The molecule has 1 saturated heterocycles. The Labute approximate surface area is 132 Å². The van der Waals surface area contributed by atoms with E-state index in [2.05, 4.69) is 4.98 Å². The summed E-state index contributed by atoms with van der Waals surface area (Å²) in [5.74, 6) is 1.05. The Morgan fingerprint density at radius 3 is 3.14 bits per heavy atom. The van der Waals surface area contributed by atoms with Gasteiger partial charge in [-0.2, -0.15) is 0 Å². The molecule has 2 heterocycles. The molecule has 1 fully saturated rings. The van der Waals surface area contributed by atoms with Gasteiger partial charge in [-0.25, -0.2) is 9.97 Å². The fraction of sp³-hybridized carbons (Fsp3) is 0.706. The van der Waals surface area contributed by atoms with Crippen LogP contribution in [0.4, 0.5) is 0 Å². The minimum absolute atomic E-state index is 0.0581. The summed E-state index contributed by atoms with van der Waals surface area (Å²) >= 11 is 0. The smallest absolute Gasteiger partial charge is 0.224 e. The van der Waals surface area contributed by atoms with E-state index in [-0.39, 0.29) is 11.3 Å². The molecule has 3 rings (SSSR count). The highest BCUT2D eigenvalue weighted by Crippen LogP contribution is 2.43. The molecule has 0 saturated carbocycles. The molecule has 0 bridgehead atoms. The van der Waals surface area contributed by atoms with Crippen LogP contribution in [0.25, 0.3) is 0 Å². The number of aromatic nitrogens is 2. The van der Waals surface area contributed by atoms with E-state index in [4.69, 9.17) is 9.72 Å². The normalized spacial score (nSPS) is 23.8. The minimum Gasteiger partial charge on any atom is -0.381 e. The van der Waals surface area contributed by atoms with Crippen LogP contribution in [0.1, 0.15) is 49.7 Å². The van der Waals surface area contributed by atoms with Crippen molar-refractivity contribution in [2.24, 2.45) is 0 Å². The van der Waals surface area contributed by atoms with Gasteiger partial charge in [0.2, 0.25) is 5.91 Å². The van der Waals surface area contributed by atoms with Gasteiger partial charge in [-0.05, 0) is 45.1 Å². The van der Waals surface area contributed by atoms with Gasteiger partial charge in [0, 0.05) is 31.3 Å². The predicted molar refractivity (Wildman–Crippen MR) is 83.7 cm³/mol. The van der Waals surface area contributed by atoms with E-state index in [0.29, 0.717) is 19.6 Å². The quantitative estimate of drug-likeness (QED) is 0.799. The first kappa shape index (κ1) is 15.4. The maximum absolute atomic E-state index is 12.4. The third-order valence-corrected chi connectivity index (χ3v) is 4.95. The van der Waals surface area contributed by atoms with Crippen molar-refractivity contribution in [1.82, 2.24) is 14.9 Å². The SMILES string of the molecule is CCOCCC(=O)N1CCCC2(CCc3cnc(C)nc32)C1. The molecular formula is C17H25N3O2. The number of piperidine rings is 1. The van der Waals surface area contributed by atoms with Crippen molar-refractivity contribution in [3.8, 4) is 0 Å². The molecule has 1 amide bonds. The molecule has 22 heavy (non-hydrogen) atoms. The number of ether oxygens (including phenoxy) is 1. The summed E-state index contributed by atoms with van der Waals surface area (Å²) < 4.78 is 5.32. The second-order valence-corrected chi connectivity index (χ2v) is 6.44. The molecule has 5 heteroatoms. The lowest BCUT2D eigenvalue weighted by atomic mass is 9.77. The van der Waals surface area contributed by atoms with Gasteiger partial charge < -0.3 is 9.64 Å². The number of carbonyl (C=O) groups is 1. The lowest BCUT2D eigenvalue weighted by molar-refractivity contribution is -0.134. The summed E-state index contributed by atoms with van der Waals surface area (Å²) in [5.41, 5.74) is 2.53. The van der Waals surface area contributed by atoms with Gasteiger partial charge in [-0.3, -0.25) is 4.79 Å². The zero-order valence-electron chi connectivity index (χ0n) is 13.6. The van der Waals surface area contributed by atoms with Crippen molar-refractivity contribution >= 4 is 5.91 Å². The van der Waals surface area contributed by atoms with Gasteiger partial charge in [-0.15, -0.1) is 0 Å². The number of aryl methyl sites for hydroxylation is 2. The Balaban J connectivity index is 1.74. The molecule has 0 radical (unpaired) electrons. The van der Waals surface area contributed by atoms with Crippen LogP contribution in [0, 0.1) is 6.92 Å². The zero-order chi connectivity index (χ0) is 15.6. The fourth-order valence-corrected chi connectivity index (χ4v) is 3.83. The van der Waals surface area contributed by atoms with Gasteiger partial charge in [0.1, 0.15) is 5.82 Å². The highest BCUT2D eigenvalue weighted by molar-refractivity contribution is 5.76. The van der Waals surface area contributed by atoms with E-state index in [1.165, 1.54) is 11.3 Å². The van der Waals surface area contributed by atoms with Crippen molar-refractivity contribution in [2.45, 2.75) is 51.4 Å². The van der Waals surface area contributed by atoms with Crippen LogP contribution in [-0.4, -0.2) is 47.1 Å². The van der Waals surface area contributed by atoms with Gasteiger partial charge in [-0.1, -0.05) is 0 Å². The first-order valence-corrected chi connectivity index (χ1v) is 8.33. The number of fused-ring (bicyclic) bond motifs is 2. The topological polar surface area (TPSA) is 55.3 Å². The number of amides is 1. The molecule has 1 atom stereocenters. The first-order valence-electron chi connectivity index (χ1n) is 8.33. The Bertz CT molecular complexity index is 557. The maximum atomic E-state index is 12.4. The number of hydrogen-bond donors (Lipinski definition) is 0. The lowest BCUT2D eigenvalue weighted by Crippen LogP contribution is -2.48. The third-order valence-electron chi connectivity index (χ3n) is 4.95. The highest BCUT2D eigenvalue weighted by Gasteiger charge is 2.44. The molecule has 1 aliphatic carbocycles. The number of rotatable bonds is 4. The number of carbonyl (C=O) groups excluding carboxylic acids is 1. The molecule has 1 aromatic heterocycles. The highest BCUT2D eigenvalue weighted by atomic mass is 16.5. The number of nitrogens with zero attached hydrogens (tertiary/aromatic N) is 3. The Kier molecular flexibility index (Phi) is 4.43. The summed E-state index contributed by atoms with van der Waals surface area (Å²) in [7, 11) is 0. The van der Waals surface area contributed by atoms with Crippen molar-refractivity contribution in [2.75, 3.05) is 26.3 Å². The van der Waals surface area contributed by atoms with Crippen LogP contribution >= 0.6 is 0 Å². The van der Waals surface area contributed by atoms with Crippen LogP contribution in [0.2, 0.25) is 0 Å². The maximum Gasteiger partial charge on any atom is 0.224 e. The van der Waals surface area contributed by atoms with Crippen LogP contribution < -0.4 is 0 Å². The van der Waals surface area contributed by atoms with E-state index in [9.17, 15) is 4.79 Å². The summed E-state index contributed by atoms with van der Waals surface area (Å²) in [6.45, 7) is 6.77. The van der Waals surface area contributed by atoms with E-state index in [1.54, 1.807) is 0 Å². The molecule has 0 aromatic carbocycles. The van der Waals surface area contributed by atoms with Crippen LogP contribution in [-0.2, 0) is 21.4 Å².